The van der Waals surface area contributed by atoms with Gasteiger partial charge < -0.3 is 4.90 Å². The maximum Gasteiger partial charge on any atom is 0.0725 e. The number of fused-ring (bicyclic) bond motifs is 13. The van der Waals surface area contributed by atoms with Crippen LogP contribution in [0.4, 0.5) is 17.1 Å². The number of hydrogen-bond acceptors (Lipinski definition) is 1. The molecule has 10 aromatic rings. The first-order chi connectivity index (χ1) is 36.2. The van der Waals surface area contributed by atoms with Crippen LogP contribution in [0.5, 0.6) is 0 Å². The molecule has 0 aromatic heterocycles. The summed E-state index contributed by atoms with van der Waals surface area (Å²) in [7, 11) is 0. The fourth-order valence-corrected chi connectivity index (χ4v) is 13.5. The molecule has 0 heterocycles. The molecular weight excluding hydrogens is 903 g/mol. The van der Waals surface area contributed by atoms with Crippen LogP contribution in [0.3, 0.4) is 0 Å². The second kappa shape index (κ2) is 17.3. The Labute approximate surface area is 445 Å². The van der Waals surface area contributed by atoms with Crippen molar-refractivity contribution < 1.29 is 0 Å². The summed E-state index contributed by atoms with van der Waals surface area (Å²) in [6, 6.07) is 87.5. The number of benzene rings is 10. The first-order valence-corrected chi connectivity index (χ1v) is 27.1. The van der Waals surface area contributed by atoms with Gasteiger partial charge in [0.2, 0.25) is 0 Å². The van der Waals surface area contributed by atoms with Crippen molar-refractivity contribution in [1.82, 2.24) is 0 Å². The van der Waals surface area contributed by atoms with E-state index < -0.39 is 5.41 Å². The van der Waals surface area contributed by atoms with Crippen LogP contribution < -0.4 is 4.90 Å². The van der Waals surface area contributed by atoms with Crippen molar-refractivity contribution >= 4 is 17.1 Å². The Kier molecular flexibility index (Phi) is 10.8. The van der Waals surface area contributed by atoms with Crippen LogP contribution in [0.15, 0.2) is 231 Å². The van der Waals surface area contributed by atoms with Crippen LogP contribution in [0.25, 0.3) is 66.8 Å². The fraction of sp³-hybridized carbons (Fsp3) is 0.189. The van der Waals surface area contributed by atoms with E-state index in [1.807, 2.05) is 0 Å². The number of rotatable bonds is 8. The molecule has 366 valence electrons. The average molecular weight is 968 g/mol. The number of hydrogen-bond donors (Lipinski definition) is 0. The molecule has 0 amide bonds. The van der Waals surface area contributed by atoms with E-state index >= 15 is 0 Å². The van der Waals surface area contributed by atoms with E-state index in [2.05, 4.69) is 291 Å². The van der Waals surface area contributed by atoms with Gasteiger partial charge >= 0.3 is 0 Å². The maximum absolute atomic E-state index is 2.53. The Morgan fingerprint density at radius 3 is 1.35 bits per heavy atom. The molecule has 2 atom stereocenters. The van der Waals surface area contributed by atoms with Gasteiger partial charge in [-0.05, 0) is 177 Å². The lowest BCUT2D eigenvalue weighted by Crippen LogP contribution is -2.26. The normalized spacial score (nSPS) is 15.9. The lowest BCUT2D eigenvalue weighted by Gasteiger charge is -2.36. The standard InChI is InChI=1S/C74H65N/c1-71(2,3)47-70(72(4,5)6)51-31-29-50(30-32-51)53-35-40-62-59-24-13-16-27-65(59)74(68(62)44-53)66-28-17-14-25-60(66)63-41-36-54(45-69(63)74)52-21-18-22-56(43-52)75(55-37-33-49(34-38-55)48-19-10-9-11-20-48)57-39-42-61-58-23-12-15-26-64(58)73(7,8)67(61)46-57/h9-46,70H,47H2,1-8H3. The van der Waals surface area contributed by atoms with E-state index in [1.165, 1.54) is 106 Å². The lowest BCUT2D eigenvalue weighted by atomic mass is 9.69. The lowest BCUT2D eigenvalue weighted by molar-refractivity contribution is 0.229. The molecule has 13 rings (SSSR count). The fourth-order valence-electron chi connectivity index (χ4n) is 13.5. The van der Waals surface area contributed by atoms with Crippen LogP contribution in [0.2, 0.25) is 0 Å². The minimum absolute atomic E-state index is 0.130. The molecule has 1 spiro atoms. The molecule has 2 unspecified atom stereocenters. The van der Waals surface area contributed by atoms with Gasteiger partial charge in [-0.2, -0.15) is 0 Å². The zero-order valence-electron chi connectivity index (χ0n) is 44.7. The third-order valence-corrected chi connectivity index (χ3v) is 17.1. The number of anilines is 3. The summed E-state index contributed by atoms with van der Waals surface area (Å²) in [5, 5.41) is 0. The van der Waals surface area contributed by atoms with Gasteiger partial charge in [0.15, 0.2) is 0 Å². The molecule has 0 bridgehead atoms. The SMILES string of the molecule is CC(C)(C)CC(c1ccc(-c2ccc3c(c2)C2(c4ccccc4-3)c3ccccc3-c3ccc(-c4cccc(N(c5ccc(-c6ccccc6)cc5)c5ccc6c(c5)C(C)(C)c5ccccc5-6)c4)cc32)cc1)C(C)(C)C. The minimum Gasteiger partial charge on any atom is -0.310 e. The molecule has 75 heavy (non-hydrogen) atoms. The zero-order valence-corrected chi connectivity index (χ0v) is 44.7. The molecule has 0 radical (unpaired) electrons. The second-order valence-corrected chi connectivity index (χ2v) is 24.4. The van der Waals surface area contributed by atoms with Gasteiger partial charge in [-0.25, -0.2) is 0 Å². The molecule has 3 aliphatic rings. The number of nitrogens with zero attached hydrogens (tertiary/aromatic N) is 1. The van der Waals surface area contributed by atoms with Gasteiger partial charge in [0, 0.05) is 22.5 Å². The van der Waals surface area contributed by atoms with E-state index in [1.54, 1.807) is 0 Å². The van der Waals surface area contributed by atoms with Gasteiger partial charge in [-0.1, -0.05) is 237 Å². The van der Waals surface area contributed by atoms with Crippen LogP contribution in [-0.4, -0.2) is 0 Å². The zero-order chi connectivity index (χ0) is 51.4. The molecule has 1 nitrogen and oxygen atoms in total. The highest BCUT2D eigenvalue weighted by molar-refractivity contribution is 5.97. The van der Waals surface area contributed by atoms with Gasteiger partial charge in [-0.3, -0.25) is 0 Å². The van der Waals surface area contributed by atoms with Crippen molar-refractivity contribution in [2.75, 3.05) is 4.90 Å². The third kappa shape index (κ3) is 7.57. The summed E-state index contributed by atoms with van der Waals surface area (Å²) in [5.41, 5.74) is 27.9. The molecule has 10 aromatic carbocycles. The van der Waals surface area contributed by atoms with Gasteiger partial charge in [0.05, 0.1) is 5.41 Å². The average Bonchev–Trinajstić information content (AvgIpc) is 4.08. The van der Waals surface area contributed by atoms with E-state index in [0.717, 1.165) is 23.5 Å². The van der Waals surface area contributed by atoms with Crippen molar-refractivity contribution in [3.8, 4) is 66.8 Å². The molecule has 0 fully saturated rings. The molecule has 0 saturated carbocycles. The molecule has 1 heteroatoms. The van der Waals surface area contributed by atoms with Gasteiger partial charge in [-0.15, -0.1) is 0 Å². The summed E-state index contributed by atoms with van der Waals surface area (Å²) in [4.78, 5) is 2.45. The smallest absolute Gasteiger partial charge is 0.0725 e. The highest BCUT2D eigenvalue weighted by atomic mass is 15.1. The Balaban J connectivity index is 0.942. The van der Waals surface area contributed by atoms with Gasteiger partial charge in [0.25, 0.3) is 0 Å². The largest absolute Gasteiger partial charge is 0.310 e. The molecule has 0 N–H and O–H groups in total. The predicted octanol–water partition coefficient (Wildman–Crippen LogP) is 20.4. The predicted molar refractivity (Wildman–Crippen MR) is 318 cm³/mol. The summed E-state index contributed by atoms with van der Waals surface area (Å²) in [5.74, 6) is 0.463. The summed E-state index contributed by atoms with van der Waals surface area (Å²) >= 11 is 0. The summed E-state index contributed by atoms with van der Waals surface area (Å²) < 4.78 is 0. The van der Waals surface area contributed by atoms with Crippen molar-refractivity contribution in [3.63, 3.8) is 0 Å². The highest BCUT2D eigenvalue weighted by Crippen LogP contribution is 2.64. The molecule has 3 aliphatic carbocycles. The Morgan fingerprint density at radius 2 is 0.747 bits per heavy atom. The quantitative estimate of drug-likeness (QED) is 0.147. The Hall–Kier alpha value is -8.00. The highest BCUT2D eigenvalue weighted by Gasteiger charge is 2.52. The van der Waals surface area contributed by atoms with E-state index in [0.29, 0.717) is 5.92 Å². The monoisotopic (exact) mass is 968 g/mol. The van der Waals surface area contributed by atoms with Crippen molar-refractivity contribution in [3.05, 3.63) is 269 Å². The topological polar surface area (TPSA) is 3.24 Å². The van der Waals surface area contributed by atoms with E-state index in [4.69, 9.17) is 0 Å². The maximum atomic E-state index is 2.53. The Bertz CT molecular complexity index is 3830. The third-order valence-electron chi connectivity index (χ3n) is 17.1. The summed E-state index contributed by atoms with van der Waals surface area (Å²) in [6.45, 7) is 19.0. The van der Waals surface area contributed by atoms with Crippen molar-refractivity contribution in [2.45, 2.75) is 78.6 Å². The van der Waals surface area contributed by atoms with Crippen molar-refractivity contribution in [1.29, 1.82) is 0 Å². The van der Waals surface area contributed by atoms with E-state index in [9.17, 15) is 0 Å². The molecule has 0 aliphatic heterocycles. The van der Waals surface area contributed by atoms with Crippen LogP contribution in [0.1, 0.15) is 107 Å². The summed E-state index contributed by atoms with van der Waals surface area (Å²) in [6.07, 6.45) is 1.14. The second-order valence-electron chi connectivity index (χ2n) is 24.4. The van der Waals surface area contributed by atoms with Gasteiger partial charge in [0.1, 0.15) is 0 Å². The first kappa shape index (κ1) is 46.8. The van der Waals surface area contributed by atoms with Crippen LogP contribution >= 0.6 is 0 Å². The molecule has 0 saturated heterocycles. The van der Waals surface area contributed by atoms with Crippen LogP contribution in [-0.2, 0) is 10.8 Å². The van der Waals surface area contributed by atoms with Crippen molar-refractivity contribution in [2.24, 2.45) is 10.8 Å². The van der Waals surface area contributed by atoms with Crippen LogP contribution in [0, 0.1) is 10.8 Å². The molecular formula is C74H65N. The Morgan fingerprint density at radius 1 is 0.333 bits per heavy atom. The van der Waals surface area contributed by atoms with E-state index in [-0.39, 0.29) is 16.2 Å². The minimum atomic E-state index is -0.493. The first-order valence-electron chi connectivity index (χ1n) is 27.1.